The molecule has 1 atom stereocenters. The van der Waals surface area contributed by atoms with Gasteiger partial charge in [0.2, 0.25) is 5.91 Å². The van der Waals surface area contributed by atoms with Crippen LogP contribution in [0, 0.1) is 19.3 Å². The van der Waals surface area contributed by atoms with Gasteiger partial charge in [-0.2, -0.15) is 0 Å². The number of rotatable bonds is 7. The molecule has 9 nitrogen and oxygen atoms in total. The lowest BCUT2D eigenvalue weighted by Crippen LogP contribution is -2.48. The normalized spacial score (nSPS) is 14.2. The van der Waals surface area contributed by atoms with Gasteiger partial charge in [0.25, 0.3) is 5.91 Å². The number of nitrogens with zero attached hydrogens (tertiary/aromatic N) is 1. The van der Waals surface area contributed by atoms with E-state index in [1.54, 1.807) is 47.4 Å². The van der Waals surface area contributed by atoms with Crippen LogP contribution in [0.2, 0.25) is 0 Å². The first-order valence-corrected chi connectivity index (χ1v) is 10.3. The molecule has 1 aliphatic rings. The van der Waals surface area contributed by atoms with Gasteiger partial charge in [0.1, 0.15) is 12.6 Å². The van der Waals surface area contributed by atoms with Crippen LogP contribution >= 0.6 is 0 Å². The van der Waals surface area contributed by atoms with Gasteiger partial charge in [-0.05, 0) is 55.0 Å². The molecule has 172 valence electrons. The van der Waals surface area contributed by atoms with Gasteiger partial charge in [-0.15, -0.1) is 6.42 Å². The van der Waals surface area contributed by atoms with Crippen molar-refractivity contribution in [1.29, 1.82) is 0 Å². The van der Waals surface area contributed by atoms with E-state index in [2.05, 4.69) is 21.9 Å². The van der Waals surface area contributed by atoms with Crippen molar-refractivity contribution in [2.24, 2.45) is 0 Å². The molecule has 2 aromatic rings. The number of urea groups is 1. The fraction of sp³-hybridized carbons (Fsp3) is 0.292. The van der Waals surface area contributed by atoms with Crippen LogP contribution in [0.15, 0.2) is 42.5 Å². The van der Waals surface area contributed by atoms with Gasteiger partial charge in [-0.1, -0.05) is 5.92 Å². The van der Waals surface area contributed by atoms with Crippen molar-refractivity contribution in [3.05, 3.63) is 53.6 Å². The van der Waals surface area contributed by atoms with Crippen LogP contribution in [0.5, 0.6) is 0 Å². The summed E-state index contributed by atoms with van der Waals surface area (Å²) in [6, 6.07) is 10.5. The van der Waals surface area contributed by atoms with Crippen molar-refractivity contribution in [2.45, 2.75) is 13.0 Å². The molecule has 1 heterocycles. The van der Waals surface area contributed by atoms with Gasteiger partial charge < -0.3 is 30.3 Å². The van der Waals surface area contributed by atoms with Crippen molar-refractivity contribution >= 4 is 34.9 Å². The second-order valence-corrected chi connectivity index (χ2v) is 7.42. The second-order valence-electron chi connectivity index (χ2n) is 7.42. The van der Waals surface area contributed by atoms with Crippen molar-refractivity contribution in [1.82, 2.24) is 5.32 Å². The maximum absolute atomic E-state index is 12.8. The molecule has 4 amide bonds. The van der Waals surface area contributed by atoms with E-state index >= 15 is 0 Å². The van der Waals surface area contributed by atoms with Gasteiger partial charge in [0, 0.05) is 36.3 Å². The van der Waals surface area contributed by atoms with Crippen LogP contribution in [-0.4, -0.2) is 57.4 Å². The number of carbonyl (C=O) groups excluding carboxylic acids is 3. The first kappa shape index (κ1) is 23.8. The highest BCUT2D eigenvalue weighted by molar-refractivity contribution is 6.00. The number of ether oxygens (including phenoxy) is 2. The third kappa shape index (κ3) is 6.32. The summed E-state index contributed by atoms with van der Waals surface area (Å²) in [5.41, 5.74) is 3.36. The highest BCUT2D eigenvalue weighted by atomic mass is 16.5. The van der Waals surface area contributed by atoms with E-state index in [4.69, 9.17) is 15.9 Å². The van der Waals surface area contributed by atoms with E-state index in [1.807, 2.05) is 6.92 Å². The SMILES string of the molecule is C#Cc1ccc(NC(=O)NC(COC)C(=O)Nc2ccc(N3CCOCC3=O)c(C)c2)cc1. The second kappa shape index (κ2) is 11.1. The molecule has 1 unspecified atom stereocenters. The molecular weight excluding hydrogens is 424 g/mol. The fourth-order valence-corrected chi connectivity index (χ4v) is 3.36. The van der Waals surface area contributed by atoms with Crippen molar-refractivity contribution in [2.75, 3.05) is 49.0 Å². The zero-order valence-corrected chi connectivity index (χ0v) is 18.5. The molecule has 0 spiro atoms. The van der Waals surface area contributed by atoms with Crippen LogP contribution in [0.4, 0.5) is 21.9 Å². The van der Waals surface area contributed by atoms with Gasteiger partial charge in [0.15, 0.2) is 0 Å². The molecule has 9 heteroatoms. The molecular formula is C24H26N4O5. The van der Waals surface area contributed by atoms with E-state index in [0.29, 0.717) is 30.1 Å². The van der Waals surface area contributed by atoms with Gasteiger partial charge in [-0.3, -0.25) is 9.59 Å². The Morgan fingerprint density at radius 2 is 1.91 bits per heavy atom. The summed E-state index contributed by atoms with van der Waals surface area (Å²) >= 11 is 0. The number of benzene rings is 2. The summed E-state index contributed by atoms with van der Waals surface area (Å²) in [6.45, 7) is 2.85. The number of carbonyl (C=O) groups is 3. The highest BCUT2D eigenvalue weighted by Gasteiger charge is 2.23. The first-order chi connectivity index (χ1) is 15.9. The van der Waals surface area contributed by atoms with Crippen molar-refractivity contribution in [3.63, 3.8) is 0 Å². The lowest BCUT2D eigenvalue weighted by atomic mass is 10.1. The van der Waals surface area contributed by atoms with Crippen LogP contribution in [0.1, 0.15) is 11.1 Å². The molecule has 1 fully saturated rings. The van der Waals surface area contributed by atoms with E-state index < -0.39 is 18.0 Å². The predicted molar refractivity (Wildman–Crippen MR) is 125 cm³/mol. The predicted octanol–water partition coefficient (Wildman–Crippen LogP) is 2.11. The molecule has 1 aliphatic heterocycles. The third-order valence-electron chi connectivity index (χ3n) is 5.01. The zero-order chi connectivity index (χ0) is 23.8. The maximum atomic E-state index is 12.8. The smallest absolute Gasteiger partial charge is 0.319 e. The number of aryl methyl sites for hydroxylation is 1. The number of morpholine rings is 1. The lowest BCUT2D eigenvalue weighted by molar-refractivity contribution is -0.125. The summed E-state index contributed by atoms with van der Waals surface area (Å²) in [7, 11) is 1.44. The Morgan fingerprint density at radius 3 is 2.55 bits per heavy atom. The molecule has 2 aromatic carbocycles. The summed E-state index contributed by atoms with van der Waals surface area (Å²) in [4.78, 5) is 38.9. The molecule has 3 N–H and O–H groups in total. The summed E-state index contributed by atoms with van der Waals surface area (Å²) in [6.07, 6.45) is 5.33. The van der Waals surface area contributed by atoms with Gasteiger partial charge >= 0.3 is 6.03 Å². The topological polar surface area (TPSA) is 109 Å². The van der Waals surface area contributed by atoms with Crippen LogP contribution in [0.25, 0.3) is 0 Å². The van der Waals surface area contributed by atoms with Crippen LogP contribution in [-0.2, 0) is 19.1 Å². The monoisotopic (exact) mass is 450 g/mol. The van der Waals surface area contributed by atoms with Crippen LogP contribution in [0.3, 0.4) is 0 Å². The number of anilines is 3. The highest BCUT2D eigenvalue weighted by Crippen LogP contribution is 2.25. The fourth-order valence-electron chi connectivity index (χ4n) is 3.36. The largest absolute Gasteiger partial charge is 0.382 e. The van der Waals surface area contributed by atoms with E-state index in [1.165, 1.54) is 7.11 Å². The van der Waals surface area contributed by atoms with Crippen LogP contribution < -0.4 is 20.9 Å². The average molecular weight is 450 g/mol. The Kier molecular flexibility index (Phi) is 8.02. The van der Waals surface area contributed by atoms with Gasteiger partial charge in [-0.25, -0.2) is 4.79 Å². The van der Waals surface area contributed by atoms with Crippen molar-refractivity contribution in [3.8, 4) is 12.3 Å². The van der Waals surface area contributed by atoms with E-state index in [-0.39, 0.29) is 19.1 Å². The summed E-state index contributed by atoms with van der Waals surface area (Å²) < 4.78 is 10.3. The third-order valence-corrected chi connectivity index (χ3v) is 5.01. The number of hydrogen-bond donors (Lipinski definition) is 3. The standard InChI is InChI=1S/C24H26N4O5/c1-4-17-5-7-18(8-6-17)26-24(31)27-20(14-32-3)23(30)25-19-9-10-21(16(2)13-19)28-11-12-33-15-22(28)29/h1,5-10,13,20H,11-12,14-15H2,2-3H3,(H,25,30)(H2,26,27,31). The molecule has 0 aliphatic carbocycles. The number of hydrogen-bond acceptors (Lipinski definition) is 5. The minimum absolute atomic E-state index is 0.0192. The molecule has 0 saturated carbocycles. The quantitative estimate of drug-likeness (QED) is 0.560. The molecule has 33 heavy (non-hydrogen) atoms. The Balaban J connectivity index is 1.63. The minimum Gasteiger partial charge on any atom is -0.382 e. The average Bonchev–Trinajstić information content (AvgIpc) is 2.80. The van der Waals surface area contributed by atoms with E-state index in [0.717, 1.165) is 11.3 Å². The molecule has 0 bridgehead atoms. The molecule has 3 rings (SSSR count). The lowest BCUT2D eigenvalue weighted by Gasteiger charge is -2.28. The number of nitrogens with one attached hydrogen (secondary N) is 3. The minimum atomic E-state index is -0.930. The number of amides is 4. The summed E-state index contributed by atoms with van der Waals surface area (Å²) in [5.74, 6) is 1.95. The molecule has 0 aromatic heterocycles. The Hall–Kier alpha value is -3.87. The Morgan fingerprint density at radius 1 is 1.18 bits per heavy atom. The molecule has 0 radical (unpaired) electrons. The summed E-state index contributed by atoms with van der Waals surface area (Å²) in [5, 5.41) is 8.04. The number of terminal acetylenes is 1. The zero-order valence-electron chi connectivity index (χ0n) is 18.5. The number of methoxy groups -OCH3 is 1. The maximum Gasteiger partial charge on any atom is 0.319 e. The van der Waals surface area contributed by atoms with Crippen molar-refractivity contribution < 1.29 is 23.9 Å². The first-order valence-electron chi connectivity index (χ1n) is 10.3. The molecule has 1 saturated heterocycles. The van der Waals surface area contributed by atoms with E-state index in [9.17, 15) is 14.4 Å². The Bertz CT molecular complexity index is 1060. The Labute approximate surface area is 192 Å². The van der Waals surface area contributed by atoms with Gasteiger partial charge in [0.05, 0.1) is 13.2 Å².